The number of hydrogen-bond donors (Lipinski definition) is 1. The Hall–Kier alpha value is -3.26. The summed E-state index contributed by atoms with van der Waals surface area (Å²) in [5.74, 6) is -0.500. The van der Waals surface area contributed by atoms with Gasteiger partial charge in [0.05, 0.1) is 4.90 Å². The lowest BCUT2D eigenvalue weighted by Gasteiger charge is -2.14. The van der Waals surface area contributed by atoms with Gasteiger partial charge in [-0.05, 0) is 42.0 Å². The predicted molar refractivity (Wildman–Crippen MR) is 110 cm³/mol. The second-order valence-corrected chi connectivity index (χ2v) is 8.63. The highest BCUT2D eigenvalue weighted by Gasteiger charge is 2.15. The zero-order valence-electron chi connectivity index (χ0n) is 16.0. The predicted octanol–water partition coefficient (Wildman–Crippen LogP) is 4.53. The van der Waals surface area contributed by atoms with Crippen molar-refractivity contribution in [2.45, 2.75) is 17.9 Å². The van der Waals surface area contributed by atoms with Crippen LogP contribution in [-0.4, -0.2) is 27.2 Å². The van der Waals surface area contributed by atoms with Crippen molar-refractivity contribution < 1.29 is 26.7 Å². The summed E-state index contributed by atoms with van der Waals surface area (Å²) in [6.07, 6.45) is 1.39. The first-order valence-electron chi connectivity index (χ1n) is 8.95. The van der Waals surface area contributed by atoms with Crippen molar-refractivity contribution in [3.05, 3.63) is 89.5 Å². The van der Waals surface area contributed by atoms with Crippen LogP contribution in [-0.2, 0) is 16.3 Å². The van der Waals surface area contributed by atoms with Gasteiger partial charge in [-0.25, -0.2) is 8.42 Å². The molecule has 1 N–H and O–H groups in total. The lowest BCUT2D eigenvalue weighted by atomic mass is 10.0. The monoisotopic (exact) mass is 431 g/mol. The molecular weight excluding hydrogens is 412 g/mol. The van der Waals surface area contributed by atoms with Gasteiger partial charge in [0.15, 0.2) is 9.84 Å². The summed E-state index contributed by atoms with van der Waals surface area (Å²) in [6, 6.07) is 19.3. The molecule has 0 aliphatic heterocycles. The topological polar surface area (TPSA) is 72.5 Å². The van der Waals surface area contributed by atoms with E-state index in [0.717, 1.165) is 11.8 Å². The minimum absolute atomic E-state index is 0.0194. The third-order valence-electron chi connectivity index (χ3n) is 4.30. The van der Waals surface area contributed by atoms with E-state index in [2.05, 4.69) is 10.1 Å². The van der Waals surface area contributed by atoms with Crippen LogP contribution < -0.4 is 10.1 Å². The van der Waals surface area contributed by atoms with Crippen molar-refractivity contribution in [2.24, 2.45) is 0 Å². The third kappa shape index (κ3) is 5.64. The average Bonchev–Trinajstić information content (AvgIpc) is 2.70. The molecule has 0 spiro atoms. The van der Waals surface area contributed by atoms with Crippen molar-refractivity contribution in [1.82, 2.24) is 0 Å². The Morgan fingerprint density at radius 2 is 1.73 bits per heavy atom. The Balaban J connectivity index is 1.87. The zero-order valence-corrected chi connectivity index (χ0v) is 16.8. The Labute approximate surface area is 173 Å². The highest BCUT2D eigenvalue weighted by Crippen LogP contribution is 2.27. The number of rotatable bonds is 7. The third-order valence-corrected chi connectivity index (χ3v) is 5.41. The highest BCUT2D eigenvalue weighted by molar-refractivity contribution is 7.90. The number of halogens is 2. The summed E-state index contributed by atoms with van der Waals surface area (Å²) in [5, 5.41) is 2.67. The van der Waals surface area contributed by atoms with E-state index in [1.165, 1.54) is 36.4 Å². The average molecular weight is 431 g/mol. The molecule has 3 rings (SSSR count). The molecule has 0 saturated carbocycles. The number of alkyl halides is 2. The van der Waals surface area contributed by atoms with Crippen LogP contribution in [0.25, 0.3) is 0 Å². The molecule has 8 heteroatoms. The maximum Gasteiger partial charge on any atom is 0.387 e. The molecule has 0 heterocycles. The smallest absolute Gasteiger partial charge is 0.387 e. The van der Waals surface area contributed by atoms with Crippen molar-refractivity contribution >= 4 is 21.4 Å². The van der Waals surface area contributed by atoms with Crippen LogP contribution in [0.4, 0.5) is 14.5 Å². The molecule has 0 radical (unpaired) electrons. The minimum atomic E-state index is -3.46. The Morgan fingerprint density at radius 3 is 2.40 bits per heavy atom. The van der Waals surface area contributed by atoms with Crippen molar-refractivity contribution in [2.75, 3.05) is 11.6 Å². The van der Waals surface area contributed by atoms with E-state index >= 15 is 0 Å². The van der Waals surface area contributed by atoms with Gasteiger partial charge in [0.1, 0.15) is 5.75 Å². The van der Waals surface area contributed by atoms with E-state index in [9.17, 15) is 22.0 Å². The number of anilines is 1. The Morgan fingerprint density at radius 1 is 1.00 bits per heavy atom. The van der Waals surface area contributed by atoms with Crippen LogP contribution in [0.1, 0.15) is 21.5 Å². The van der Waals surface area contributed by atoms with E-state index in [1.54, 1.807) is 6.07 Å². The number of amides is 1. The van der Waals surface area contributed by atoms with Gasteiger partial charge in [-0.3, -0.25) is 4.79 Å². The molecule has 3 aromatic rings. The van der Waals surface area contributed by atoms with Crippen LogP contribution >= 0.6 is 0 Å². The van der Waals surface area contributed by atoms with E-state index in [4.69, 9.17) is 0 Å². The van der Waals surface area contributed by atoms with Gasteiger partial charge in [0.2, 0.25) is 0 Å². The van der Waals surface area contributed by atoms with Crippen LogP contribution in [0.5, 0.6) is 5.75 Å². The largest absolute Gasteiger partial charge is 0.435 e. The first kappa shape index (κ1) is 21.4. The van der Waals surface area contributed by atoms with Crippen molar-refractivity contribution in [1.29, 1.82) is 0 Å². The van der Waals surface area contributed by atoms with E-state index in [1.807, 2.05) is 30.3 Å². The van der Waals surface area contributed by atoms with Gasteiger partial charge in [0, 0.05) is 29.5 Å². The Kier molecular flexibility index (Phi) is 6.47. The summed E-state index contributed by atoms with van der Waals surface area (Å²) >= 11 is 0. The maximum absolute atomic E-state index is 12.8. The molecule has 156 valence electrons. The number of ether oxygens (including phenoxy) is 1. The number of carbonyl (C=O) groups excluding carboxylic acids is 1. The van der Waals surface area contributed by atoms with Crippen LogP contribution in [0.2, 0.25) is 0 Å². The Bertz CT molecular complexity index is 1150. The number of benzene rings is 3. The molecule has 0 saturated heterocycles. The van der Waals surface area contributed by atoms with E-state index in [0.29, 0.717) is 17.7 Å². The van der Waals surface area contributed by atoms with Crippen molar-refractivity contribution in [3.8, 4) is 5.75 Å². The normalized spacial score (nSPS) is 11.3. The summed E-state index contributed by atoms with van der Waals surface area (Å²) in [4.78, 5) is 12.6. The summed E-state index contributed by atoms with van der Waals surface area (Å²) in [5.41, 5.74) is 1.90. The summed E-state index contributed by atoms with van der Waals surface area (Å²) < 4.78 is 53.5. The number of carbonyl (C=O) groups is 1. The molecule has 0 unspecified atom stereocenters. The van der Waals surface area contributed by atoms with Crippen LogP contribution in [0.3, 0.4) is 0 Å². The zero-order chi connectivity index (χ0) is 21.7. The van der Waals surface area contributed by atoms with Gasteiger partial charge in [-0.15, -0.1) is 0 Å². The first-order chi connectivity index (χ1) is 14.2. The lowest BCUT2D eigenvalue weighted by molar-refractivity contribution is -0.0503. The molecule has 0 aliphatic rings. The number of hydrogen-bond acceptors (Lipinski definition) is 4. The van der Waals surface area contributed by atoms with Gasteiger partial charge in [-0.2, -0.15) is 8.78 Å². The fraction of sp³-hybridized carbons (Fsp3) is 0.136. The maximum atomic E-state index is 12.8. The second kappa shape index (κ2) is 9.04. The first-order valence-corrected chi connectivity index (χ1v) is 10.8. The molecule has 0 aromatic heterocycles. The van der Waals surface area contributed by atoms with Gasteiger partial charge < -0.3 is 10.1 Å². The number of sulfone groups is 1. The fourth-order valence-electron chi connectivity index (χ4n) is 2.89. The molecule has 0 bridgehead atoms. The number of nitrogens with one attached hydrogen (secondary N) is 1. The molecule has 3 aromatic carbocycles. The quantitative estimate of drug-likeness (QED) is 0.596. The van der Waals surface area contributed by atoms with Gasteiger partial charge in [0.25, 0.3) is 5.91 Å². The standard InChI is InChI=1S/C22H19F2NO4S/c1-30(27,28)19-9-5-8-16(14-19)21(26)25-18-10-11-20(29-22(23)24)17(13-18)12-15-6-3-2-4-7-15/h2-11,13-14,22H,12H2,1H3,(H,25,26). The van der Waals surface area contributed by atoms with Crippen LogP contribution in [0.15, 0.2) is 77.7 Å². The molecule has 30 heavy (non-hydrogen) atoms. The molecule has 0 fully saturated rings. The second-order valence-electron chi connectivity index (χ2n) is 6.62. The highest BCUT2D eigenvalue weighted by atomic mass is 32.2. The van der Waals surface area contributed by atoms with Gasteiger partial charge >= 0.3 is 6.61 Å². The molecule has 5 nitrogen and oxygen atoms in total. The minimum Gasteiger partial charge on any atom is -0.435 e. The molecule has 0 aliphatic carbocycles. The van der Waals surface area contributed by atoms with Crippen LogP contribution in [0, 0.1) is 0 Å². The summed E-state index contributed by atoms with van der Waals surface area (Å²) in [6.45, 7) is -2.97. The lowest BCUT2D eigenvalue weighted by Crippen LogP contribution is -2.13. The summed E-state index contributed by atoms with van der Waals surface area (Å²) in [7, 11) is -3.46. The van der Waals surface area contributed by atoms with E-state index in [-0.39, 0.29) is 16.2 Å². The SMILES string of the molecule is CS(=O)(=O)c1cccc(C(=O)Nc2ccc(OC(F)F)c(Cc3ccccc3)c2)c1. The van der Waals surface area contributed by atoms with Crippen molar-refractivity contribution in [3.63, 3.8) is 0 Å². The van der Waals surface area contributed by atoms with E-state index < -0.39 is 22.4 Å². The molecule has 1 amide bonds. The molecular formula is C22H19F2NO4S. The molecule has 0 atom stereocenters. The fourth-order valence-corrected chi connectivity index (χ4v) is 3.56. The van der Waals surface area contributed by atoms with Gasteiger partial charge in [-0.1, -0.05) is 36.4 Å².